The Morgan fingerprint density at radius 3 is 1.62 bits per heavy atom. The summed E-state index contributed by atoms with van der Waals surface area (Å²) >= 11 is 0. The molecule has 0 N–H and O–H groups in total. The number of aliphatic carboxylic acids is 1. The average Bonchev–Trinajstić information content (AvgIpc) is 3.11. The number of allylic oxidation sites excluding steroid dienone is 12. The average molecular weight is 742 g/mol. The van der Waals surface area contributed by atoms with Crippen LogP contribution in [0.4, 0.5) is 0 Å². The van der Waals surface area contributed by atoms with E-state index in [1.807, 2.05) is 48.6 Å². The largest absolute Gasteiger partial charge is 0.544 e. The van der Waals surface area contributed by atoms with Crippen molar-refractivity contribution in [2.45, 2.75) is 154 Å². The van der Waals surface area contributed by atoms with E-state index in [4.69, 9.17) is 14.2 Å². The van der Waals surface area contributed by atoms with Crippen LogP contribution >= 0.6 is 0 Å². The number of quaternary nitrogens is 1. The van der Waals surface area contributed by atoms with Gasteiger partial charge >= 0.3 is 11.9 Å². The SMILES string of the molecule is CC/C=C/C=C/C=C/C=C/C=C/CCCCCC(=O)OC(COCCC(C(=O)[O-])[N+](C)(C)C)COC(=O)CCCCC/C=C/CCCCCCCCC. The molecule has 0 saturated carbocycles. The van der Waals surface area contributed by atoms with Gasteiger partial charge < -0.3 is 28.6 Å². The fourth-order valence-corrected chi connectivity index (χ4v) is 5.50. The molecule has 0 aromatic rings. The zero-order chi connectivity index (χ0) is 39.3. The third-order valence-electron chi connectivity index (χ3n) is 8.70. The second-order valence-corrected chi connectivity index (χ2v) is 14.6. The Kier molecular flexibility index (Phi) is 33.6. The Hall–Kier alpha value is -3.23. The third kappa shape index (κ3) is 34.3. The molecule has 53 heavy (non-hydrogen) atoms. The van der Waals surface area contributed by atoms with Crippen molar-refractivity contribution in [2.75, 3.05) is 41.0 Å². The maximum absolute atomic E-state index is 12.7. The van der Waals surface area contributed by atoms with Crippen molar-refractivity contribution in [2.24, 2.45) is 0 Å². The lowest BCUT2D eigenvalue weighted by Gasteiger charge is -2.34. The molecule has 0 bridgehead atoms. The zero-order valence-corrected chi connectivity index (χ0v) is 34.2. The molecule has 0 fully saturated rings. The van der Waals surface area contributed by atoms with Crippen LogP contribution in [0.2, 0.25) is 0 Å². The van der Waals surface area contributed by atoms with Gasteiger partial charge in [0.1, 0.15) is 12.6 Å². The van der Waals surface area contributed by atoms with Crippen LogP contribution in [0.1, 0.15) is 142 Å². The van der Waals surface area contributed by atoms with E-state index in [0.717, 1.165) is 57.8 Å². The molecule has 2 unspecified atom stereocenters. The van der Waals surface area contributed by atoms with Gasteiger partial charge in [-0.25, -0.2) is 0 Å². The summed E-state index contributed by atoms with van der Waals surface area (Å²) in [6.45, 7) is 4.43. The summed E-state index contributed by atoms with van der Waals surface area (Å²) in [4.78, 5) is 36.7. The number of carbonyl (C=O) groups is 3. The van der Waals surface area contributed by atoms with Gasteiger partial charge in [0.2, 0.25) is 0 Å². The van der Waals surface area contributed by atoms with Crippen LogP contribution in [-0.2, 0) is 28.6 Å². The molecule has 0 aliphatic carbocycles. The van der Waals surface area contributed by atoms with E-state index in [0.29, 0.717) is 12.8 Å². The van der Waals surface area contributed by atoms with Crippen LogP contribution < -0.4 is 5.11 Å². The number of esters is 2. The Bertz CT molecular complexity index is 1100. The Morgan fingerprint density at radius 1 is 0.585 bits per heavy atom. The Balaban J connectivity index is 4.52. The lowest BCUT2D eigenvalue weighted by Crippen LogP contribution is -2.55. The minimum Gasteiger partial charge on any atom is -0.544 e. The van der Waals surface area contributed by atoms with Crippen molar-refractivity contribution < 1.29 is 38.2 Å². The predicted octanol–water partition coefficient (Wildman–Crippen LogP) is 9.46. The van der Waals surface area contributed by atoms with Crippen LogP contribution in [0, 0.1) is 0 Å². The molecule has 2 atom stereocenters. The van der Waals surface area contributed by atoms with Gasteiger partial charge in [-0.2, -0.15) is 0 Å². The van der Waals surface area contributed by atoms with E-state index in [9.17, 15) is 19.5 Å². The quantitative estimate of drug-likeness (QED) is 0.0210. The van der Waals surface area contributed by atoms with Gasteiger partial charge in [-0.3, -0.25) is 9.59 Å². The normalized spacial score (nSPS) is 13.8. The fourth-order valence-electron chi connectivity index (χ4n) is 5.50. The topological polar surface area (TPSA) is 102 Å². The second-order valence-electron chi connectivity index (χ2n) is 14.6. The number of nitrogens with zero attached hydrogens (tertiary/aromatic N) is 1. The van der Waals surface area contributed by atoms with Crippen LogP contribution in [-0.4, -0.2) is 75.5 Å². The maximum atomic E-state index is 12.7. The molecule has 0 saturated heterocycles. The van der Waals surface area contributed by atoms with Gasteiger partial charge in [-0.1, -0.05) is 138 Å². The first-order valence-electron chi connectivity index (χ1n) is 20.5. The molecule has 0 amide bonds. The molecule has 302 valence electrons. The fraction of sp³-hybridized carbons (Fsp3) is 0.667. The number of ether oxygens (including phenoxy) is 3. The second kappa shape index (κ2) is 35.8. The van der Waals surface area contributed by atoms with Crippen molar-refractivity contribution in [3.05, 3.63) is 72.9 Å². The van der Waals surface area contributed by atoms with Gasteiger partial charge in [0.25, 0.3) is 0 Å². The summed E-state index contributed by atoms with van der Waals surface area (Å²) in [5.41, 5.74) is 0. The van der Waals surface area contributed by atoms with E-state index in [1.165, 1.54) is 44.9 Å². The molecule has 0 spiro atoms. The summed E-state index contributed by atoms with van der Waals surface area (Å²) in [6.07, 6.45) is 43.5. The standard InChI is InChI=1S/C45H75NO7/c1-6-8-10-12-14-16-18-20-22-24-26-28-30-32-34-36-44(48)53-41(39-51-38-37-42(45(49)50)46(3,4)5)40-52-43(47)35-33-31-29-27-25-23-21-19-17-15-13-11-9-7-2/h8,10,12,14,16,18,20,22-26,41-42H,6-7,9,11,13,15,17,19,21,27-40H2,1-5H3/b10-8+,14-12+,18-16+,22-20+,25-23+,26-24+. The number of hydrogen-bond donors (Lipinski definition) is 0. The minimum atomic E-state index is -1.14. The first-order chi connectivity index (χ1) is 25.6. The van der Waals surface area contributed by atoms with Crippen molar-refractivity contribution in [3.63, 3.8) is 0 Å². The summed E-state index contributed by atoms with van der Waals surface area (Å²) in [5.74, 6) is -1.82. The van der Waals surface area contributed by atoms with E-state index >= 15 is 0 Å². The maximum Gasteiger partial charge on any atom is 0.306 e. The molecule has 8 heteroatoms. The summed E-state index contributed by atoms with van der Waals surface area (Å²) in [5, 5.41) is 11.6. The highest BCUT2D eigenvalue weighted by Gasteiger charge is 2.25. The Labute approximate surface area is 323 Å². The molecule has 0 aliphatic rings. The van der Waals surface area contributed by atoms with Gasteiger partial charge in [0, 0.05) is 19.3 Å². The highest BCUT2D eigenvalue weighted by molar-refractivity contribution is 5.70. The van der Waals surface area contributed by atoms with Gasteiger partial charge in [-0.05, 0) is 57.8 Å². The minimum absolute atomic E-state index is 0.0147. The number of carboxylic acids is 1. The first-order valence-corrected chi connectivity index (χ1v) is 20.5. The molecule has 0 aliphatic heterocycles. The van der Waals surface area contributed by atoms with Crippen molar-refractivity contribution in [1.82, 2.24) is 0 Å². The van der Waals surface area contributed by atoms with Gasteiger partial charge in [-0.15, -0.1) is 0 Å². The summed E-state index contributed by atoms with van der Waals surface area (Å²) in [7, 11) is 5.37. The zero-order valence-electron chi connectivity index (χ0n) is 34.2. The molecule has 0 radical (unpaired) electrons. The molecule has 0 rings (SSSR count). The number of hydrogen-bond acceptors (Lipinski definition) is 7. The molecular formula is C45H75NO7. The number of rotatable bonds is 35. The first kappa shape index (κ1) is 49.8. The van der Waals surface area contributed by atoms with Crippen LogP contribution in [0.25, 0.3) is 0 Å². The Morgan fingerprint density at radius 2 is 1.08 bits per heavy atom. The number of unbranched alkanes of at least 4 members (excludes halogenated alkanes) is 13. The lowest BCUT2D eigenvalue weighted by atomic mass is 10.1. The molecule has 0 aromatic heterocycles. The molecule has 0 heterocycles. The van der Waals surface area contributed by atoms with Crippen molar-refractivity contribution >= 4 is 17.9 Å². The molecule has 8 nitrogen and oxygen atoms in total. The van der Waals surface area contributed by atoms with Gasteiger partial charge in [0.15, 0.2) is 6.10 Å². The number of carboxylic acid groups (broad SMARTS) is 1. The van der Waals surface area contributed by atoms with E-state index < -0.39 is 18.1 Å². The highest BCUT2D eigenvalue weighted by Crippen LogP contribution is 2.12. The lowest BCUT2D eigenvalue weighted by molar-refractivity contribution is -0.889. The van der Waals surface area contributed by atoms with Crippen LogP contribution in [0.15, 0.2) is 72.9 Å². The van der Waals surface area contributed by atoms with Crippen LogP contribution in [0.5, 0.6) is 0 Å². The van der Waals surface area contributed by atoms with E-state index in [2.05, 4.69) is 38.2 Å². The van der Waals surface area contributed by atoms with Gasteiger partial charge in [0.05, 0.1) is 40.3 Å². The van der Waals surface area contributed by atoms with Crippen molar-refractivity contribution in [1.29, 1.82) is 0 Å². The van der Waals surface area contributed by atoms with Crippen LogP contribution in [0.3, 0.4) is 0 Å². The smallest absolute Gasteiger partial charge is 0.306 e. The molecule has 0 aromatic carbocycles. The van der Waals surface area contributed by atoms with E-state index in [1.54, 1.807) is 21.1 Å². The monoisotopic (exact) mass is 742 g/mol. The summed E-state index contributed by atoms with van der Waals surface area (Å²) < 4.78 is 17.1. The molecular weight excluding hydrogens is 666 g/mol. The highest BCUT2D eigenvalue weighted by atomic mass is 16.6. The summed E-state index contributed by atoms with van der Waals surface area (Å²) in [6, 6.07) is -0.738. The predicted molar refractivity (Wildman–Crippen MR) is 217 cm³/mol. The third-order valence-corrected chi connectivity index (χ3v) is 8.70. The van der Waals surface area contributed by atoms with E-state index in [-0.39, 0.29) is 49.1 Å². The number of carbonyl (C=O) groups excluding carboxylic acids is 3. The number of likely N-dealkylation sites (N-methyl/N-ethyl adjacent to an activating group) is 1. The van der Waals surface area contributed by atoms with Crippen molar-refractivity contribution in [3.8, 4) is 0 Å².